The number of halogens is 2. The van der Waals surface area contributed by atoms with Crippen molar-refractivity contribution in [2.45, 2.75) is 23.7 Å². The van der Waals surface area contributed by atoms with Gasteiger partial charge in [0.2, 0.25) is 21.7 Å². The number of hydrogen-bond acceptors (Lipinski definition) is 6. The van der Waals surface area contributed by atoms with E-state index in [4.69, 9.17) is 32.5 Å². The topological polar surface area (TPSA) is 85.5 Å². The van der Waals surface area contributed by atoms with Crippen LogP contribution in [0.15, 0.2) is 51.9 Å². The Balaban J connectivity index is 1.46. The standard InChI is InChI=1S/C20H19Cl2N3O4S/c1-28-16-5-2-13(3-6-16)19-23-20(29-24-19)14-8-10-25(11-9-14)30(26,27)18-12-15(21)4-7-17(18)22/h2-7,12,14H,8-11H2,1H3. The molecule has 0 unspecified atom stereocenters. The van der Waals surface area contributed by atoms with Crippen molar-refractivity contribution >= 4 is 33.2 Å². The second-order valence-electron chi connectivity index (χ2n) is 6.94. The molecule has 158 valence electrons. The van der Waals surface area contributed by atoms with Crippen LogP contribution in [0.2, 0.25) is 10.0 Å². The van der Waals surface area contributed by atoms with Crippen molar-refractivity contribution in [3.63, 3.8) is 0 Å². The lowest BCUT2D eigenvalue weighted by molar-refractivity contribution is 0.271. The fourth-order valence-corrected chi connectivity index (χ4v) is 5.62. The molecule has 1 aromatic heterocycles. The first-order chi connectivity index (χ1) is 14.4. The molecule has 10 heteroatoms. The first-order valence-electron chi connectivity index (χ1n) is 9.31. The Hall–Kier alpha value is -2.13. The average molecular weight is 468 g/mol. The molecule has 0 bridgehead atoms. The molecule has 7 nitrogen and oxygen atoms in total. The van der Waals surface area contributed by atoms with Crippen LogP contribution in [0.5, 0.6) is 5.75 Å². The van der Waals surface area contributed by atoms with E-state index in [0.29, 0.717) is 42.7 Å². The molecule has 0 N–H and O–H groups in total. The molecule has 0 saturated carbocycles. The molecular weight excluding hydrogens is 449 g/mol. The van der Waals surface area contributed by atoms with Crippen LogP contribution in [-0.2, 0) is 10.0 Å². The molecule has 1 aliphatic rings. The zero-order valence-electron chi connectivity index (χ0n) is 16.1. The SMILES string of the molecule is COc1ccc(-c2noc(C3CCN(S(=O)(=O)c4cc(Cl)ccc4Cl)CC3)n2)cc1. The number of hydrogen-bond donors (Lipinski definition) is 0. The number of piperidine rings is 1. The van der Waals surface area contributed by atoms with Gasteiger partial charge in [0.25, 0.3) is 0 Å². The van der Waals surface area contributed by atoms with Crippen LogP contribution >= 0.6 is 23.2 Å². The summed E-state index contributed by atoms with van der Waals surface area (Å²) in [6.07, 6.45) is 1.14. The molecule has 0 atom stereocenters. The molecule has 1 saturated heterocycles. The summed E-state index contributed by atoms with van der Waals surface area (Å²) in [5, 5.41) is 4.54. The highest BCUT2D eigenvalue weighted by atomic mass is 35.5. The number of nitrogens with zero attached hydrogens (tertiary/aromatic N) is 3. The number of ether oxygens (including phenoxy) is 1. The van der Waals surface area contributed by atoms with Gasteiger partial charge in [-0.05, 0) is 55.3 Å². The minimum absolute atomic E-state index is 0.00854. The van der Waals surface area contributed by atoms with Gasteiger partial charge >= 0.3 is 0 Å². The lowest BCUT2D eigenvalue weighted by atomic mass is 9.98. The van der Waals surface area contributed by atoms with Crippen molar-refractivity contribution in [2.24, 2.45) is 0 Å². The summed E-state index contributed by atoms with van der Waals surface area (Å²) in [6, 6.07) is 11.8. The number of methoxy groups -OCH3 is 1. The van der Waals surface area contributed by atoms with E-state index in [1.54, 1.807) is 13.2 Å². The van der Waals surface area contributed by atoms with Gasteiger partial charge in [0.1, 0.15) is 10.6 Å². The highest BCUT2D eigenvalue weighted by molar-refractivity contribution is 7.89. The summed E-state index contributed by atoms with van der Waals surface area (Å²) in [5.74, 6) is 1.74. The van der Waals surface area contributed by atoms with Crippen LogP contribution in [0.25, 0.3) is 11.4 Å². The van der Waals surface area contributed by atoms with Crippen molar-refractivity contribution in [3.8, 4) is 17.1 Å². The van der Waals surface area contributed by atoms with Gasteiger partial charge in [-0.25, -0.2) is 8.42 Å². The first-order valence-corrected chi connectivity index (χ1v) is 11.5. The van der Waals surface area contributed by atoms with Crippen LogP contribution in [-0.4, -0.2) is 43.1 Å². The van der Waals surface area contributed by atoms with Crippen molar-refractivity contribution in [3.05, 3.63) is 58.4 Å². The van der Waals surface area contributed by atoms with E-state index in [1.807, 2.05) is 24.3 Å². The summed E-state index contributed by atoms with van der Waals surface area (Å²) in [7, 11) is -2.12. The molecule has 0 aliphatic carbocycles. The molecule has 4 rings (SSSR count). The monoisotopic (exact) mass is 467 g/mol. The Labute approximate surface area is 184 Å². The Morgan fingerprint density at radius 2 is 1.80 bits per heavy atom. The quantitative estimate of drug-likeness (QED) is 0.543. The minimum Gasteiger partial charge on any atom is -0.497 e. The van der Waals surface area contributed by atoms with Gasteiger partial charge in [0.05, 0.1) is 12.1 Å². The van der Waals surface area contributed by atoms with Crippen molar-refractivity contribution in [1.82, 2.24) is 14.4 Å². The normalized spacial score (nSPS) is 16.0. The summed E-state index contributed by atoms with van der Waals surface area (Å²) < 4.78 is 38.0. The van der Waals surface area contributed by atoms with Gasteiger partial charge in [-0.2, -0.15) is 9.29 Å². The summed E-state index contributed by atoms with van der Waals surface area (Å²) in [4.78, 5) is 4.53. The van der Waals surface area contributed by atoms with Crippen LogP contribution < -0.4 is 4.74 Å². The van der Waals surface area contributed by atoms with Gasteiger partial charge in [-0.15, -0.1) is 0 Å². The van der Waals surface area contributed by atoms with E-state index >= 15 is 0 Å². The number of aromatic nitrogens is 2. The number of sulfonamides is 1. The predicted octanol–water partition coefficient (Wildman–Crippen LogP) is 4.62. The Kier molecular flexibility index (Phi) is 6.02. The average Bonchev–Trinajstić information content (AvgIpc) is 3.26. The predicted molar refractivity (Wildman–Crippen MR) is 113 cm³/mol. The molecular formula is C20H19Cl2N3O4S. The van der Waals surface area contributed by atoms with Crippen LogP contribution in [0, 0.1) is 0 Å². The molecule has 0 amide bonds. The van der Waals surface area contributed by atoms with E-state index in [1.165, 1.54) is 16.4 Å². The van der Waals surface area contributed by atoms with Crippen molar-refractivity contribution in [1.29, 1.82) is 0 Å². The number of benzene rings is 2. The maximum absolute atomic E-state index is 13.0. The van der Waals surface area contributed by atoms with E-state index in [9.17, 15) is 8.42 Å². The van der Waals surface area contributed by atoms with E-state index in [0.717, 1.165) is 11.3 Å². The van der Waals surface area contributed by atoms with Crippen LogP contribution in [0.3, 0.4) is 0 Å². The van der Waals surface area contributed by atoms with Gasteiger partial charge in [-0.1, -0.05) is 28.4 Å². The smallest absolute Gasteiger partial charge is 0.244 e. The van der Waals surface area contributed by atoms with Crippen molar-refractivity contribution < 1.29 is 17.7 Å². The van der Waals surface area contributed by atoms with E-state index in [-0.39, 0.29) is 15.8 Å². The molecule has 1 aliphatic heterocycles. The minimum atomic E-state index is -3.73. The molecule has 0 radical (unpaired) electrons. The Morgan fingerprint density at radius 3 is 2.47 bits per heavy atom. The first kappa shape index (κ1) is 21.1. The summed E-state index contributed by atoms with van der Waals surface area (Å²) in [5.41, 5.74) is 0.821. The molecule has 1 fully saturated rings. The zero-order valence-corrected chi connectivity index (χ0v) is 18.4. The zero-order chi connectivity index (χ0) is 21.3. The molecule has 2 heterocycles. The molecule has 3 aromatic rings. The van der Waals surface area contributed by atoms with Crippen LogP contribution in [0.4, 0.5) is 0 Å². The second kappa shape index (κ2) is 8.55. The molecule has 2 aromatic carbocycles. The van der Waals surface area contributed by atoms with Gasteiger partial charge < -0.3 is 9.26 Å². The summed E-state index contributed by atoms with van der Waals surface area (Å²) >= 11 is 12.1. The third-order valence-electron chi connectivity index (χ3n) is 5.10. The Bertz CT molecular complexity index is 1140. The molecule has 0 spiro atoms. The second-order valence-corrected chi connectivity index (χ2v) is 9.69. The summed E-state index contributed by atoms with van der Waals surface area (Å²) in [6.45, 7) is 0.659. The van der Waals surface area contributed by atoms with Crippen LogP contribution in [0.1, 0.15) is 24.7 Å². The van der Waals surface area contributed by atoms with Crippen molar-refractivity contribution in [2.75, 3.05) is 20.2 Å². The maximum Gasteiger partial charge on any atom is 0.244 e. The Morgan fingerprint density at radius 1 is 1.10 bits per heavy atom. The maximum atomic E-state index is 13.0. The third kappa shape index (κ3) is 4.18. The van der Waals surface area contributed by atoms with Gasteiger partial charge in [0.15, 0.2) is 0 Å². The van der Waals surface area contributed by atoms with E-state index < -0.39 is 10.0 Å². The largest absolute Gasteiger partial charge is 0.497 e. The van der Waals surface area contributed by atoms with Gasteiger partial charge in [-0.3, -0.25) is 0 Å². The fourth-order valence-electron chi connectivity index (χ4n) is 3.42. The van der Waals surface area contributed by atoms with Gasteiger partial charge in [0, 0.05) is 29.6 Å². The number of rotatable bonds is 5. The molecule has 30 heavy (non-hydrogen) atoms. The third-order valence-corrected chi connectivity index (χ3v) is 7.72. The lowest BCUT2D eigenvalue weighted by Crippen LogP contribution is -2.38. The lowest BCUT2D eigenvalue weighted by Gasteiger charge is -2.29. The highest BCUT2D eigenvalue weighted by Gasteiger charge is 2.33. The van der Waals surface area contributed by atoms with E-state index in [2.05, 4.69) is 10.1 Å². The fraction of sp³-hybridized carbons (Fsp3) is 0.300. The highest BCUT2D eigenvalue weighted by Crippen LogP contribution is 2.33.